The molecule has 17 heavy (non-hydrogen) atoms. The van der Waals surface area contributed by atoms with Crippen LogP contribution in [0.25, 0.3) is 0 Å². The number of ether oxygens (including phenoxy) is 1. The molecule has 1 aromatic carbocycles. The first-order chi connectivity index (χ1) is 8.29. The van der Waals surface area contributed by atoms with Crippen molar-refractivity contribution in [1.29, 1.82) is 5.26 Å². The molecule has 0 spiro atoms. The molecule has 0 amide bonds. The van der Waals surface area contributed by atoms with E-state index in [1.165, 1.54) is 5.56 Å². The highest BCUT2D eigenvalue weighted by molar-refractivity contribution is 5.18. The van der Waals surface area contributed by atoms with Crippen LogP contribution in [0.1, 0.15) is 24.9 Å². The molecule has 3 heteroatoms. The Kier molecular flexibility index (Phi) is 6.31. The van der Waals surface area contributed by atoms with Crippen LogP contribution in [0, 0.1) is 11.3 Å². The van der Waals surface area contributed by atoms with Crippen molar-refractivity contribution in [1.82, 2.24) is 4.90 Å². The fraction of sp³-hybridized carbons (Fsp3) is 0.500. The van der Waals surface area contributed by atoms with E-state index >= 15 is 0 Å². The maximum Gasteiger partial charge on any atom is 0.0635 e. The number of hydrogen-bond acceptors (Lipinski definition) is 3. The first-order valence-electron chi connectivity index (χ1n) is 5.94. The summed E-state index contributed by atoms with van der Waals surface area (Å²) in [6.45, 7) is 4.51. The third-order valence-corrected chi connectivity index (χ3v) is 2.92. The number of hydrogen-bond donors (Lipinski definition) is 0. The van der Waals surface area contributed by atoms with Gasteiger partial charge in [0, 0.05) is 32.7 Å². The second-order valence-corrected chi connectivity index (χ2v) is 4.02. The van der Waals surface area contributed by atoms with E-state index in [0.717, 1.165) is 13.1 Å². The van der Waals surface area contributed by atoms with Crippen molar-refractivity contribution < 1.29 is 4.74 Å². The van der Waals surface area contributed by atoms with Gasteiger partial charge in [-0.3, -0.25) is 4.90 Å². The first-order valence-corrected chi connectivity index (χ1v) is 5.94. The Morgan fingerprint density at radius 3 is 2.59 bits per heavy atom. The van der Waals surface area contributed by atoms with Crippen LogP contribution in [0.15, 0.2) is 30.3 Å². The smallest absolute Gasteiger partial charge is 0.0635 e. The van der Waals surface area contributed by atoms with E-state index in [9.17, 15) is 0 Å². The molecular formula is C14H20N2O. The zero-order valence-electron chi connectivity index (χ0n) is 10.6. The summed E-state index contributed by atoms with van der Waals surface area (Å²) in [7, 11) is 1.70. The van der Waals surface area contributed by atoms with Crippen molar-refractivity contribution >= 4 is 0 Å². The summed E-state index contributed by atoms with van der Waals surface area (Å²) in [4.78, 5) is 2.28. The fourth-order valence-corrected chi connectivity index (χ4v) is 1.84. The molecule has 0 fully saturated rings. The number of nitriles is 1. The lowest BCUT2D eigenvalue weighted by Gasteiger charge is -2.28. The van der Waals surface area contributed by atoms with Gasteiger partial charge in [-0.2, -0.15) is 5.26 Å². The average Bonchev–Trinajstić information content (AvgIpc) is 2.39. The summed E-state index contributed by atoms with van der Waals surface area (Å²) in [5.74, 6) is 0. The molecule has 3 nitrogen and oxygen atoms in total. The number of nitrogens with zero attached hydrogens (tertiary/aromatic N) is 2. The molecule has 0 saturated heterocycles. The Balaban J connectivity index is 2.65. The van der Waals surface area contributed by atoms with Gasteiger partial charge in [0.1, 0.15) is 0 Å². The van der Waals surface area contributed by atoms with E-state index in [-0.39, 0.29) is 0 Å². The van der Waals surface area contributed by atoms with Crippen molar-refractivity contribution in [2.45, 2.75) is 19.4 Å². The second kappa shape index (κ2) is 7.83. The van der Waals surface area contributed by atoms with Gasteiger partial charge >= 0.3 is 0 Å². The van der Waals surface area contributed by atoms with Crippen molar-refractivity contribution in [3.8, 4) is 6.07 Å². The molecule has 1 rings (SSSR count). The normalized spacial score (nSPS) is 12.4. The average molecular weight is 232 g/mol. The minimum absolute atomic E-state index is 0.319. The molecule has 0 aliphatic rings. The van der Waals surface area contributed by atoms with Crippen LogP contribution in [0.3, 0.4) is 0 Å². The first kappa shape index (κ1) is 13.7. The maximum atomic E-state index is 8.68. The highest BCUT2D eigenvalue weighted by Gasteiger charge is 2.14. The van der Waals surface area contributed by atoms with Crippen LogP contribution in [0.4, 0.5) is 0 Å². The van der Waals surface area contributed by atoms with Crippen LogP contribution >= 0.6 is 0 Å². The summed E-state index contributed by atoms with van der Waals surface area (Å²) in [5.41, 5.74) is 1.28. The van der Waals surface area contributed by atoms with Gasteiger partial charge in [0.25, 0.3) is 0 Å². The van der Waals surface area contributed by atoms with E-state index in [1.54, 1.807) is 7.11 Å². The minimum Gasteiger partial charge on any atom is -0.383 e. The highest BCUT2D eigenvalue weighted by Crippen LogP contribution is 2.19. The second-order valence-electron chi connectivity index (χ2n) is 4.02. The van der Waals surface area contributed by atoms with Crippen molar-refractivity contribution in [3.63, 3.8) is 0 Å². The fourth-order valence-electron chi connectivity index (χ4n) is 1.84. The third-order valence-electron chi connectivity index (χ3n) is 2.92. The molecule has 0 aliphatic heterocycles. The van der Waals surface area contributed by atoms with Gasteiger partial charge < -0.3 is 4.74 Å². The molecule has 92 valence electrons. The van der Waals surface area contributed by atoms with Gasteiger partial charge in [-0.1, -0.05) is 30.3 Å². The van der Waals surface area contributed by atoms with E-state index in [1.807, 2.05) is 18.2 Å². The summed E-state index contributed by atoms with van der Waals surface area (Å²) in [6, 6.07) is 12.9. The Morgan fingerprint density at radius 2 is 2.00 bits per heavy atom. The van der Waals surface area contributed by atoms with Crippen LogP contribution < -0.4 is 0 Å². The molecule has 1 aromatic rings. The molecule has 0 bridgehead atoms. The lowest BCUT2D eigenvalue weighted by molar-refractivity contribution is 0.126. The molecular weight excluding hydrogens is 212 g/mol. The third kappa shape index (κ3) is 4.56. The Bertz CT molecular complexity index is 345. The van der Waals surface area contributed by atoms with Crippen LogP contribution in [0.2, 0.25) is 0 Å². The summed E-state index contributed by atoms with van der Waals surface area (Å²) >= 11 is 0. The highest BCUT2D eigenvalue weighted by atomic mass is 16.5. The molecule has 0 saturated carbocycles. The van der Waals surface area contributed by atoms with Gasteiger partial charge in [-0.15, -0.1) is 0 Å². The Labute approximate surface area is 104 Å². The van der Waals surface area contributed by atoms with Crippen LogP contribution in [-0.2, 0) is 4.74 Å². The van der Waals surface area contributed by atoms with E-state index in [4.69, 9.17) is 10.00 Å². The van der Waals surface area contributed by atoms with Gasteiger partial charge in [0.05, 0.1) is 12.7 Å². The minimum atomic E-state index is 0.319. The largest absolute Gasteiger partial charge is 0.383 e. The molecule has 1 atom stereocenters. The maximum absolute atomic E-state index is 8.68. The quantitative estimate of drug-likeness (QED) is 0.725. The van der Waals surface area contributed by atoms with Gasteiger partial charge in [-0.05, 0) is 12.5 Å². The van der Waals surface area contributed by atoms with E-state index < -0.39 is 0 Å². The van der Waals surface area contributed by atoms with Gasteiger partial charge in [0.2, 0.25) is 0 Å². The lowest BCUT2D eigenvalue weighted by Crippen LogP contribution is -2.31. The predicted molar refractivity (Wildman–Crippen MR) is 68.5 cm³/mol. The zero-order valence-corrected chi connectivity index (χ0v) is 10.6. The molecule has 1 unspecified atom stereocenters. The van der Waals surface area contributed by atoms with Crippen molar-refractivity contribution in [2.24, 2.45) is 0 Å². The molecule has 0 heterocycles. The number of methoxy groups -OCH3 is 1. The van der Waals surface area contributed by atoms with E-state index in [2.05, 4.69) is 30.0 Å². The molecule has 0 radical (unpaired) electrons. The molecule has 0 N–H and O–H groups in total. The monoisotopic (exact) mass is 232 g/mol. The summed E-state index contributed by atoms with van der Waals surface area (Å²) < 4.78 is 5.11. The van der Waals surface area contributed by atoms with Crippen LogP contribution in [0.5, 0.6) is 0 Å². The topological polar surface area (TPSA) is 36.3 Å². The zero-order chi connectivity index (χ0) is 12.5. The Hall–Kier alpha value is -1.37. The summed E-state index contributed by atoms with van der Waals surface area (Å²) in [6.07, 6.45) is 0.556. The van der Waals surface area contributed by atoms with Crippen LogP contribution in [-0.4, -0.2) is 31.7 Å². The lowest BCUT2D eigenvalue weighted by atomic mass is 10.1. The van der Waals surface area contributed by atoms with Crippen molar-refractivity contribution in [2.75, 3.05) is 26.8 Å². The SMILES string of the molecule is COCCN(CCC#N)C(C)c1ccccc1. The standard InChI is InChI=1S/C14H20N2O/c1-13(14-7-4-3-5-8-14)16(10-6-9-15)11-12-17-2/h3-5,7-8,13H,6,10-12H2,1-2H3. The molecule has 0 aliphatic carbocycles. The Morgan fingerprint density at radius 1 is 1.29 bits per heavy atom. The predicted octanol–water partition coefficient (Wildman–Crippen LogP) is 2.61. The number of benzene rings is 1. The van der Waals surface area contributed by atoms with Gasteiger partial charge in [0.15, 0.2) is 0 Å². The summed E-state index contributed by atoms with van der Waals surface area (Å²) in [5, 5.41) is 8.68. The molecule has 0 aromatic heterocycles. The van der Waals surface area contributed by atoms with Crippen molar-refractivity contribution in [3.05, 3.63) is 35.9 Å². The number of rotatable bonds is 7. The van der Waals surface area contributed by atoms with Gasteiger partial charge in [-0.25, -0.2) is 0 Å². The van der Waals surface area contributed by atoms with E-state index in [0.29, 0.717) is 19.1 Å².